The van der Waals surface area contributed by atoms with Crippen LogP contribution in [0.4, 0.5) is 5.69 Å². The molecule has 0 aromatic heterocycles. The first-order chi connectivity index (χ1) is 9.26. The van der Waals surface area contributed by atoms with Crippen LogP contribution in [0.2, 0.25) is 0 Å². The first-order valence-corrected chi connectivity index (χ1v) is 6.91. The fourth-order valence-corrected chi connectivity index (χ4v) is 1.75. The first kappa shape index (κ1) is 19.2. The zero-order valence-electron chi connectivity index (χ0n) is 12.4. The molecule has 20 heavy (non-hydrogen) atoms. The number of aliphatic imine (C=N–C) groups is 1. The van der Waals surface area contributed by atoms with Crippen molar-refractivity contribution in [1.29, 1.82) is 0 Å². The van der Waals surface area contributed by atoms with E-state index >= 15 is 0 Å². The third-order valence-electron chi connectivity index (χ3n) is 2.92. The summed E-state index contributed by atoms with van der Waals surface area (Å²) in [6.07, 6.45) is 4.29. The number of halogens is 1. The largest absolute Gasteiger partial charge is 0.385 e. The van der Waals surface area contributed by atoms with Gasteiger partial charge in [-0.1, -0.05) is 19.1 Å². The maximum atomic E-state index is 5.83. The average molecular weight is 391 g/mol. The molecule has 0 fully saturated rings. The summed E-state index contributed by atoms with van der Waals surface area (Å²) >= 11 is 0. The molecule has 0 aliphatic carbocycles. The van der Waals surface area contributed by atoms with E-state index in [0.29, 0.717) is 5.96 Å². The van der Waals surface area contributed by atoms with Crippen LogP contribution in [0, 0.1) is 0 Å². The van der Waals surface area contributed by atoms with Gasteiger partial charge < -0.3 is 15.8 Å². The third-order valence-corrected chi connectivity index (χ3v) is 2.92. The lowest BCUT2D eigenvalue weighted by Crippen LogP contribution is -2.22. The van der Waals surface area contributed by atoms with Crippen molar-refractivity contribution in [2.45, 2.75) is 32.6 Å². The Morgan fingerprint density at radius 1 is 1.20 bits per heavy atom. The highest BCUT2D eigenvalue weighted by molar-refractivity contribution is 14.0. The second kappa shape index (κ2) is 12.0. The van der Waals surface area contributed by atoms with Crippen molar-refractivity contribution in [2.24, 2.45) is 10.7 Å². The Kier molecular flexibility index (Phi) is 11.5. The topological polar surface area (TPSA) is 59.6 Å². The number of nitrogens with two attached hydrogens (primary N) is 1. The molecule has 4 nitrogen and oxygen atoms in total. The lowest BCUT2D eigenvalue weighted by atomic mass is 10.1. The van der Waals surface area contributed by atoms with Crippen LogP contribution in [-0.2, 0) is 11.2 Å². The third kappa shape index (κ3) is 8.37. The Labute approximate surface area is 139 Å². The van der Waals surface area contributed by atoms with Crippen molar-refractivity contribution in [3.63, 3.8) is 0 Å². The number of nitrogens with zero attached hydrogens (tertiary/aromatic N) is 1. The van der Waals surface area contributed by atoms with Gasteiger partial charge in [0, 0.05) is 25.9 Å². The molecule has 3 N–H and O–H groups in total. The van der Waals surface area contributed by atoms with Crippen molar-refractivity contribution in [1.82, 2.24) is 0 Å². The number of methoxy groups -OCH3 is 1. The molecule has 0 radical (unpaired) electrons. The van der Waals surface area contributed by atoms with E-state index in [1.54, 1.807) is 7.11 Å². The number of hydrogen-bond acceptors (Lipinski definition) is 2. The van der Waals surface area contributed by atoms with Gasteiger partial charge in [-0.15, -0.1) is 24.0 Å². The van der Waals surface area contributed by atoms with Crippen LogP contribution in [0.25, 0.3) is 0 Å². The van der Waals surface area contributed by atoms with Crippen molar-refractivity contribution in [3.8, 4) is 0 Å². The molecular formula is C15H26IN3O. The van der Waals surface area contributed by atoms with Crippen LogP contribution in [-0.4, -0.2) is 26.2 Å². The average Bonchev–Trinajstić information content (AvgIpc) is 2.43. The summed E-state index contributed by atoms with van der Waals surface area (Å²) in [6, 6.07) is 8.25. The maximum Gasteiger partial charge on any atom is 0.193 e. The van der Waals surface area contributed by atoms with E-state index in [0.717, 1.165) is 44.5 Å². The number of aryl methyl sites for hydroxylation is 1. The number of benzene rings is 1. The molecule has 0 saturated carbocycles. The van der Waals surface area contributed by atoms with Gasteiger partial charge in [-0.2, -0.15) is 0 Å². The van der Waals surface area contributed by atoms with Crippen molar-refractivity contribution < 1.29 is 4.74 Å². The molecule has 1 aromatic rings. The Hall–Kier alpha value is -0.820. The minimum atomic E-state index is 0. The summed E-state index contributed by atoms with van der Waals surface area (Å²) in [7, 11) is 1.73. The summed E-state index contributed by atoms with van der Waals surface area (Å²) in [5, 5.41) is 3.10. The van der Waals surface area contributed by atoms with E-state index in [-0.39, 0.29) is 24.0 Å². The molecule has 1 rings (SSSR count). The zero-order chi connectivity index (χ0) is 13.9. The smallest absolute Gasteiger partial charge is 0.193 e. The monoisotopic (exact) mass is 391 g/mol. The van der Waals surface area contributed by atoms with E-state index < -0.39 is 0 Å². The lowest BCUT2D eigenvalue weighted by Gasteiger charge is -2.06. The molecule has 0 atom stereocenters. The van der Waals surface area contributed by atoms with E-state index in [2.05, 4.69) is 29.4 Å². The van der Waals surface area contributed by atoms with Gasteiger partial charge in [-0.25, -0.2) is 0 Å². The molecule has 0 saturated heterocycles. The number of nitrogens with one attached hydrogen (secondary N) is 1. The Balaban J connectivity index is 0.00000361. The predicted octanol–water partition coefficient (Wildman–Crippen LogP) is 3.41. The van der Waals surface area contributed by atoms with Crippen LogP contribution >= 0.6 is 24.0 Å². The Morgan fingerprint density at radius 2 is 1.90 bits per heavy atom. The Bertz CT molecular complexity index is 379. The molecule has 0 bridgehead atoms. The highest BCUT2D eigenvalue weighted by atomic mass is 127. The Morgan fingerprint density at radius 3 is 2.50 bits per heavy atom. The normalized spacial score (nSPS) is 11.0. The molecule has 0 aliphatic rings. The standard InChI is InChI=1S/C15H25N3O.HI/c1-3-13-7-9-14(10-8-13)18-15(16)17-11-5-4-6-12-19-2;/h7-10H,3-6,11-12H2,1-2H3,(H3,16,17,18);1H. The van der Waals surface area contributed by atoms with Gasteiger partial charge >= 0.3 is 0 Å². The molecule has 0 heterocycles. The van der Waals surface area contributed by atoms with Crippen LogP contribution in [0.1, 0.15) is 31.7 Å². The fraction of sp³-hybridized carbons (Fsp3) is 0.533. The van der Waals surface area contributed by atoms with Gasteiger partial charge in [0.25, 0.3) is 0 Å². The summed E-state index contributed by atoms with van der Waals surface area (Å²) in [5.74, 6) is 0.482. The van der Waals surface area contributed by atoms with Gasteiger partial charge in [-0.3, -0.25) is 4.99 Å². The zero-order valence-corrected chi connectivity index (χ0v) is 14.7. The highest BCUT2D eigenvalue weighted by Crippen LogP contribution is 2.09. The van der Waals surface area contributed by atoms with E-state index in [9.17, 15) is 0 Å². The number of unbranched alkanes of at least 4 members (excludes halogenated alkanes) is 2. The van der Waals surface area contributed by atoms with Crippen molar-refractivity contribution in [3.05, 3.63) is 29.8 Å². The van der Waals surface area contributed by atoms with Gasteiger partial charge in [0.1, 0.15) is 0 Å². The molecule has 0 aliphatic heterocycles. The number of rotatable bonds is 8. The minimum absolute atomic E-state index is 0. The van der Waals surface area contributed by atoms with Crippen LogP contribution in [0.3, 0.4) is 0 Å². The van der Waals surface area contributed by atoms with Gasteiger partial charge in [0.05, 0.1) is 0 Å². The van der Waals surface area contributed by atoms with Crippen LogP contribution in [0.15, 0.2) is 29.3 Å². The van der Waals surface area contributed by atoms with E-state index in [4.69, 9.17) is 10.5 Å². The highest BCUT2D eigenvalue weighted by Gasteiger charge is 1.95. The van der Waals surface area contributed by atoms with E-state index in [1.807, 2.05) is 12.1 Å². The molecule has 0 spiro atoms. The molecular weight excluding hydrogens is 365 g/mol. The molecule has 114 valence electrons. The molecule has 0 unspecified atom stereocenters. The molecule has 0 amide bonds. The predicted molar refractivity (Wildman–Crippen MR) is 97.1 cm³/mol. The molecule has 5 heteroatoms. The minimum Gasteiger partial charge on any atom is -0.385 e. The SMILES string of the molecule is CCc1ccc(NC(N)=NCCCCCOC)cc1.I. The first-order valence-electron chi connectivity index (χ1n) is 6.91. The summed E-state index contributed by atoms with van der Waals surface area (Å²) in [5.41, 5.74) is 8.13. The quantitative estimate of drug-likeness (QED) is 0.309. The van der Waals surface area contributed by atoms with Crippen LogP contribution < -0.4 is 11.1 Å². The summed E-state index contributed by atoms with van der Waals surface area (Å²) < 4.78 is 4.99. The fourth-order valence-electron chi connectivity index (χ4n) is 1.75. The number of guanidine groups is 1. The van der Waals surface area contributed by atoms with Crippen molar-refractivity contribution >= 4 is 35.6 Å². The number of ether oxygens (including phenoxy) is 1. The van der Waals surface area contributed by atoms with Crippen LogP contribution in [0.5, 0.6) is 0 Å². The van der Waals surface area contributed by atoms with Gasteiger partial charge in [0.15, 0.2) is 5.96 Å². The van der Waals surface area contributed by atoms with E-state index in [1.165, 1.54) is 5.56 Å². The van der Waals surface area contributed by atoms with Crippen molar-refractivity contribution in [2.75, 3.05) is 25.6 Å². The number of hydrogen-bond donors (Lipinski definition) is 2. The number of anilines is 1. The maximum absolute atomic E-state index is 5.83. The second-order valence-electron chi connectivity index (χ2n) is 4.50. The van der Waals surface area contributed by atoms with Gasteiger partial charge in [0.2, 0.25) is 0 Å². The summed E-state index contributed by atoms with van der Waals surface area (Å²) in [4.78, 5) is 4.30. The van der Waals surface area contributed by atoms with Gasteiger partial charge in [-0.05, 0) is 43.4 Å². The summed E-state index contributed by atoms with van der Waals surface area (Å²) in [6.45, 7) is 3.72. The molecule has 1 aromatic carbocycles. The lowest BCUT2D eigenvalue weighted by molar-refractivity contribution is 0.192. The second-order valence-corrected chi connectivity index (χ2v) is 4.50.